The predicted octanol–water partition coefficient (Wildman–Crippen LogP) is 4.86. The Morgan fingerprint density at radius 3 is 2.28 bits per heavy atom. The van der Waals surface area contributed by atoms with Crippen LogP contribution in [0.2, 0.25) is 0 Å². The summed E-state index contributed by atoms with van der Waals surface area (Å²) in [4.78, 5) is 14.7. The van der Waals surface area contributed by atoms with Gasteiger partial charge in [0.2, 0.25) is 0 Å². The highest BCUT2D eigenvalue weighted by molar-refractivity contribution is 7.87. The van der Waals surface area contributed by atoms with Crippen LogP contribution in [0, 0.1) is 13.8 Å². The van der Waals surface area contributed by atoms with Crippen molar-refractivity contribution in [3.8, 4) is 5.75 Å². The third-order valence-electron chi connectivity index (χ3n) is 4.99. The molecule has 2 aromatic carbocycles. The molecule has 158 valence electrons. The second kappa shape index (κ2) is 9.78. The molecule has 6 nitrogen and oxygen atoms in total. The zero-order chi connectivity index (χ0) is 21.6. The largest absolute Gasteiger partial charge is 0.382 e. The van der Waals surface area contributed by atoms with Crippen LogP contribution in [0.4, 0.5) is 10.5 Å². The number of rotatable bonds is 8. The van der Waals surface area contributed by atoms with Gasteiger partial charge >= 0.3 is 16.1 Å². The smallest absolute Gasteiger partial charge is 0.322 e. The van der Waals surface area contributed by atoms with Crippen LogP contribution < -0.4 is 9.50 Å². The van der Waals surface area contributed by atoms with Gasteiger partial charge in [-0.3, -0.25) is 0 Å². The predicted molar refractivity (Wildman–Crippen MR) is 117 cm³/mol. The molecule has 0 fully saturated rings. The lowest BCUT2D eigenvalue weighted by Crippen LogP contribution is -2.40. The molecule has 0 bridgehead atoms. The molecule has 2 rings (SSSR count). The van der Waals surface area contributed by atoms with Gasteiger partial charge < -0.3 is 14.4 Å². The number of nitrogens with zero attached hydrogens (tertiary/aromatic N) is 1. The number of hydrogen-bond donors (Lipinski definition) is 1. The fourth-order valence-electron chi connectivity index (χ4n) is 2.72. The van der Waals surface area contributed by atoms with Crippen LogP contribution in [0.15, 0.2) is 42.5 Å². The number of benzene rings is 2. The quantitative estimate of drug-likeness (QED) is 0.621. The molecule has 0 radical (unpaired) electrons. The van der Waals surface area contributed by atoms with Gasteiger partial charge in [0.15, 0.2) is 0 Å². The minimum atomic E-state index is -3.56. The summed E-state index contributed by atoms with van der Waals surface area (Å²) in [5, 5.41) is 2.98. The molecular formula is C22H30N2O4S. The molecule has 0 aliphatic heterocycles. The second-order valence-electron chi connectivity index (χ2n) is 7.19. The first-order chi connectivity index (χ1) is 13.6. The third kappa shape index (κ3) is 6.49. The van der Waals surface area contributed by atoms with Crippen LogP contribution >= 0.6 is 0 Å². The van der Waals surface area contributed by atoms with Crippen molar-refractivity contribution < 1.29 is 17.4 Å². The first kappa shape index (κ1) is 22.7. The lowest BCUT2D eigenvalue weighted by Gasteiger charge is -2.29. The molecule has 0 heterocycles. The fourth-order valence-corrected chi connectivity index (χ4v) is 3.24. The molecule has 0 saturated carbocycles. The van der Waals surface area contributed by atoms with Crippen LogP contribution in [0.1, 0.15) is 43.9 Å². The van der Waals surface area contributed by atoms with Gasteiger partial charge in [0.1, 0.15) is 5.75 Å². The van der Waals surface area contributed by atoms with Crippen molar-refractivity contribution in [3.63, 3.8) is 0 Å². The maximum Gasteiger partial charge on any atom is 0.322 e. The van der Waals surface area contributed by atoms with Gasteiger partial charge in [0, 0.05) is 18.3 Å². The van der Waals surface area contributed by atoms with E-state index < -0.39 is 10.1 Å². The van der Waals surface area contributed by atoms with Crippen molar-refractivity contribution >= 4 is 21.8 Å². The van der Waals surface area contributed by atoms with Crippen LogP contribution in [0.3, 0.4) is 0 Å². The van der Waals surface area contributed by atoms with E-state index in [1.54, 1.807) is 29.2 Å². The highest BCUT2D eigenvalue weighted by Gasteiger charge is 2.20. The first-order valence-corrected chi connectivity index (χ1v) is 11.4. The molecule has 2 aromatic rings. The molecule has 1 atom stereocenters. The molecule has 7 heteroatoms. The van der Waals surface area contributed by atoms with E-state index in [1.165, 1.54) is 12.5 Å². The van der Waals surface area contributed by atoms with Gasteiger partial charge in [-0.05, 0) is 75.1 Å². The molecule has 1 N–H and O–H groups in total. The minimum Gasteiger partial charge on any atom is -0.382 e. The molecule has 2 amide bonds. The zero-order valence-corrected chi connectivity index (χ0v) is 18.5. The Balaban J connectivity index is 2.13. The molecular weight excluding hydrogens is 388 g/mol. The lowest BCUT2D eigenvalue weighted by molar-refractivity contribution is 0.187. The van der Waals surface area contributed by atoms with Gasteiger partial charge in [-0.2, -0.15) is 8.42 Å². The number of nitrogens with one attached hydrogen (secondary N) is 1. The third-order valence-corrected chi connectivity index (χ3v) is 6.15. The fraction of sp³-hybridized carbons (Fsp3) is 0.409. The molecule has 0 unspecified atom stereocenters. The molecule has 0 spiro atoms. The number of carbonyl (C=O) groups is 1. The highest BCUT2D eigenvalue weighted by Crippen LogP contribution is 2.19. The SMILES string of the molecule is CC[C@@H](C)N(Cc1ccc(OS(=O)(=O)CC)cc1)C(=O)Nc1ccc(C)c(C)c1. The number of hydrogen-bond acceptors (Lipinski definition) is 4. The van der Waals surface area contributed by atoms with Gasteiger partial charge in [0.25, 0.3) is 0 Å². The van der Waals surface area contributed by atoms with Crippen LogP contribution in [0.25, 0.3) is 0 Å². The topological polar surface area (TPSA) is 75.7 Å². The van der Waals surface area contributed by atoms with Gasteiger partial charge in [-0.1, -0.05) is 25.1 Å². The number of anilines is 1. The van der Waals surface area contributed by atoms with Crippen molar-refractivity contribution in [1.82, 2.24) is 4.90 Å². The summed E-state index contributed by atoms with van der Waals surface area (Å²) in [7, 11) is -3.56. The zero-order valence-electron chi connectivity index (χ0n) is 17.7. The van der Waals surface area contributed by atoms with Crippen molar-refractivity contribution in [2.24, 2.45) is 0 Å². The van der Waals surface area contributed by atoms with E-state index in [0.29, 0.717) is 6.54 Å². The van der Waals surface area contributed by atoms with E-state index in [9.17, 15) is 13.2 Å². The Morgan fingerprint density at radius 1 is 1.07 bits per heavy atom. The number of urea groups is 1. The lowest BCUT2D eigenvalue weighted by atomic mass is 10.1. The molecule has 0 aliphatic carbocycles. The molecule has 0 saturated heterocycles. The summed E-state index contributed by atoms with van der Waals surface area (Å²) in [6.45, 7) is 10.0. The van der Waals surface area contributed by atoms with E-state index in [0.717, 1.165) is 23.2 Å². The summed E-state index contributed by atoms with van der Waals surface area (Å²) in [6.07, 6.45) is 0.816. The van der Waals surface area contributed by atoms with Crippen molar-refractivity contribution in [2.45, 2.75) is 53.6 Å². The summed E-state index contributed by atoms with van der Waals surface area (Å²) < 4.78 is 28.2. The van der Waals surface area contributed by atoms with Crippen LogP contribution in [-0.2, 0) is 16.7 Å². The summed E-state index contributed by atoms with van der Waals surface area (Å²) >= 11 is 0. The van der Waals surface area contributed by atoms with Gasteiger partial charge in [-0.25, -0.2) is 4.79 Å². The molecule has 29 heavy (non-hydrogen) atoms. The Labute approximate surface area is 174 Å². The molecule has 0 aromatic heterocycles. The number of aryl methyl sites for hydroxylation is 2. The Morgan fingerprint density at radius 2 is 1.72 bits per heavy atom. The average Bonchev–Trinajstić information content (AvgIpc) is 2.69. The highest BCUT2D eigenvalue weighted by atomic mass is 32.2. The number of amides is 2. The first-order valence-electron chi connectivity index (χ1n) is 9.81. The maximum atomic E-state index is 12.9. The summed E-state index contributed by atoms with van der Waals surface area (Å²) in [5.74, 6) is 0.181. The van der Waals surface area contributed by atoms with Crippen LogP contribution in [-0.4, -0.2) is 31.1 Å². The van der Waals surface area contributed by atoms with Gasteiger partial charge in [0.05, 0.1) is 5.75 Å². The summed E-state index contributed by atoms with van der Waals surface area (Å²) in [6, 6.07) is 12.5. The van der Waals surface area contributed by atoms with E-state index in [1.807, 2.05) is 45.9 Å². The maximum absolute atomic E-state index is 12.9. The second-order valence-corrected chi connectivity index (χ2v) is 9.05. The standard InChI is InChI=1S/C22H30N2O4S/c1-6-18(5)24(22(25)23-20-11-8-16(3)17(4)14-20)15-19-9-12-21(13-10-19)28-29(26,27)7-2/h8-14,18H,6-7,15H2,1-5H3,(H,23,25)/t18-/m1/s1. The number of carbonyl (C=O) groups excluding carboxylic acids is 1. The Bertz CT molecular complexity index is 940. The monoisotopic (exact) mass is 418 g/mol. The van der Waals surface area contributed by atoms with E-state index in [2.05, 4.69) is 5.32 Å². The van der Waals surface area contributed by atoms with Crippen molar-refractivity contribution in [3.05, 3.63) is 59.2 Å². The summed E-state index contributed by atoms with van der Waals surface area (Å²) in [5.41, 5.74) is 3.95. The van der Waals surface area contributed by atoms with E-state index in [-0.39, 0.29) is 23.6 Å². The van der Waals surface area contributed by atoms with Crippen molar-refractivity contribution in [2.75, 3.05) is 11.1 Å². The Hall–Kier alpha value is -2.54. The van der Waals surface area contributed by atoms with Gasteiger partial charge in [-0.15, -0.1) is 0 Å². The molecule has 0 aliphatic rings. The minimum absolute atomic E-state index is 0.0398. The van der Waals surface area contributed by atoms with Crippen LogP contribution in [0.5, 0.6) is 5.75 Å². The van der Waals surface area contributed by atoms with E-state index >= 15 is 0 Å². The average molecular weight is 419 g/mol. The van der Waals surface area contributed by atoms with Crippen molar-refractivity contribution in [1.29, 1.82) is 0 Å². The normalized spacial score (nSPS) is 12.3. The van der Waals surface area contributed by atoms with E-state index in [4.69, 9.17) is 4.18 Å². The Kier molecular flexibility index (Phi) is 7.67.